The standard InChI is InChI=1S/C12H16N2O3/c15-13-11-1-3-12(4-2-11)17-10-7-14-5-8-16-9-6-14/h1-4H,5-10H2. The Morgan fingerprint density at radius 3 is 2.59 bits per heavy atom. The summed E-state index contributed by atoms with van der Waals surface area (Å²) in [6.45, 7) is 5.10. The largest absolute Gasteiger partial charge is 0.492 e. The van der Waals surface area contributed by atoms with Gasteiger partial charge in [-0.1, -0.05) is 0 Å². The summed E-state index contributed by atoms with van der Waals surface area (Å²) in [5.41, 5.74) is 0.422. The minimum absolute atomic E-state index is 0.422. The number of benzene rings is 1. The van der Waals surface area contributed by atoms with E-state index >= 15 is 0 Å². The molecular weight excluding hydrogens is 220 g/mol. The predicted molar refractivity (Wildman–Crippen MR) is 64.7 cm³/mol. The van der Waals surface area contributed by atoms with Crippen LogP contribution in [-0.2, 0) is 4.74 Å². The van der Waals surface area contributed by atoms with E-state index in [1.54, 1.807) is 24.3 Å². The van der Waals surface area contributed by atoms with E-state index in [1.165, 1.54) is 0 Å². The molecule has 1 aromatic rings. The van der Waals surface area contributed by atoms with Crippen molar-refractivity contribution >= 4 is 5.69 Å². The lowest BCUT2D eigenvalue weighted by atomic mass is 10.3. The van der Waals surface area contributed by atoms with Crippen molar-refractivity contribution in [3.8, 4) is 5.75 Å². The Bertz CT molecular complexity index is 347. The molecule has 0 unspecified atom stereocenters. The first-order chi connectivity index (χ1) is 8.38. The molecule has 0 aromatic heterocycles. The van der Waals surface area contributed by atoms with E-state index in [1.807, 2.05) is 0 Å². The molecule has 92 valence electrons. The van der Waals surface area contributed by atoms with Crippen LogP contribution in [0.2, 0.25) is 0 Å². The van der Waals surface area contributed by atoms with E-state index in [2.05, 4.69) is 10.1 Å². The van der Waals surface area contributed by atoms with Crippen LogP contribution in [-0.4, -0.2) is 44.4 Å². The fraction of sp³-hybridized carbons (Fsp3) is 0.500. The second kappa shape index (κ2) is 6.32. The van der Waals surface area contributed by atoms with Crippen LogP contribution in [0, 0.1) is 4.91 Å². The molecule has 1 aliphatic heterocycles. The summed E-state index contributed by atoms with van der Waals surface area (Å²) >= 11 is 0. The maximum atomic E-state index is 10.2. The molecule has 0 saturated carbocycles. The van der Waals surface area contributed by atoms with Gasteiger partial charge in [-0.15, -0.1) is 4.91 Å². The molecule has 5 heteroatoms. The van der Waals surface area contributed by atoms with Gasteiger partial charge >= 0.3 is 0 Å². The van der Waals surface area contributed by atoms with Crippen LogP contribution in [0.5, 0.6) is 5.75 Å². The lowest BCUT2D eigenvalue weighted by Gasteiger charge is -2.26. The van der Waals surface area contributed by atoms with E-state index < -0.39 is 0 Å². The highest BCUT2D eigenvalue weighted by atomic mass is 16.5. The fourth-order valence-electron chi connectivity index (χ4n) is 1.72. The van der Waals surface area contributed by atoms with Gasteiger partial charge in [0.25, 0.3) is 0 Å². The lowest BCUT2D eigenvalue weighted by molar-refractivity contribution is 0.0322. The minimum Gasteiger partial charge on any atom is -0.492 e. The van der Waals surface area contributed by atoms with Crippen molar-refractivity contribution in [2.75, 3.05) is 39.5 Å². The average Bonchev–Trinajstić information content (AvgIpc) is 2.41. The molecule has 1 aliphatic rings. The molecule has 0 N–H and O–H groups in total. The predicted octanol–water partition coefficient (Wildman–Crippen LogP) is 1.80. The number of nitrogens with zero attached hydrogens (tertiary/aromatic N) is 2. The van der Waals surface area contributed by atoms with Gasteiger partial charge in [0, 0.05) is 19.6 Å². The van der Waals surface area contributed by atoms with E-state index in [0.29, 0.717) is 12.3 Å². The van der Waals surface area contributed by atoms with Gasteiger partial charge in [0.1, 0.15) is 18.0 Å². The van der Waals surface area contributed by atoms with Crippen molar-refractivity contribution < 1.29 is 9.47 Å². The van der Waals surface area contributed by atoms with Gasteiger partial charge in [-0.25, -0.2) is 0 Å². The highest BCUT2D eigenvalue weighted by Gasteiger charge is 2.09. The minimum atomic E-state index is 0.422. The Kier molecular flexibility index (Phi) is 4.46. The van der Waals surface area contributed by atoms with Gasteiger partial charge in [0.15, 0.2) is 0 Å². The van der Waals surface area contributed by atoms with Gasteiger partial charge in [-0.05, 0) is 29.4 Å². The summed E-state index contributed by atoms with van der Waals surface area (Å²) in [5.74, 6) is 0.769. The van der Waals surface area contributed by atoms with Gasteiger partial charge < -0.3 is 9.47 Å². The van der Waals surface area contributed by atoms with Crippen LogP contribution in [0.3, 0.4) is 0 Å². The third-order valence-electron chi connectivity index (χ3n) is 2.72. The zero-order valence-electron chi connectivity index (χ0n) is 9.67. The normalized spacial score (nSPS) is 16.7. The Hall–Kier alpha value is -1.46. The molecule has 0 aliphatic carbocycles. The van der Waals surface area contributed by atoms with Gasteiger partial charge in [-0.3, -0.25) is 4.90 Å². The first-order valence-corrected chi connectivity index (χ1v) is 5.75. The van der Waals surface area contributed by atoms with Gasteiger partial charge in [0.2, 0.25) is 0 Å². The maximum absolute atomic E-state index is 10.2. The Morgan fingerprint density at radius 2 is 1.94 bits per heavy atom. The Balaban J connectivity index is 1.71. The van der Waals surface area contributed by atoms with Crippen LogP contribution >= 0.6 is 0 Å². The van der Waals surface area contributed by atoms with Crippen LogP contribution < -0.4 is 4.74 Å². The third-order valence-corrected chi connectivity index (χ3v) is 2.72. The van der Waals surface area contributed by atoms with Crippen molar-refractivity contribution in [1.82, 2.24) is 4.90 Å². The molecule has 17 heavy (non-hydrogen) atoms. The summed E-state index contributed by atoms with van der Waals surface area (Å²) in [7, 11) is 0. The third kappa shape index (κ3) is 3.80. The highest BCUT2D eigenvalue weighted by Crippen LogP contribution is 2.17. The van der Waals surface area contributed by atoms with Crippen LogP contribution in [0.25, 0.3) is 0 Å². The quantitative estimate of drug-likeness (QED) is 0.731. The van der Waals surface area contributed by atoms with Crippen molar-refractivity contribution in [3.63, 3.8) is 0 Å². The van der Waals surface area contributed by atoms with Gasteiger partial charge in [-0.2, -0.15) is 0 Å². The smallest absolute Gasteiger partial charge is 0.119 e. The van der Waals surface area contributed by atoms with Gasteiger partial charge in [0.05, 0.1) is 13.2 Å². The SMILES string of the molecule is O=Nc1ccc(OCCN2CCOCC2)cc1. The van der Waals surface area contributed by atoms with Crippen molar-refractivity contribution in [1.29, 1.82) is 0 Å². The monoisotopic (exact) mass is 236 g/mol. The zero-order valence-corrected chi connectivity index (χ0v) is 9.67. The summed E-state index contributed by atoms with van der Waals surface area (Å²) in [6, 6.07) is 6.82. The fourth-order valence-corrected chi connectivity index (χ4v) is 1.72. The van der Waals surface area contributed by atoms with Crippen LogP contribution in [0.1, 0.15) is 0 Å². The molecule has 0 spiro atoms. The van der Waals surface area contributed by atoms with Crippen LogP contribution in [0.15, 0.2) is 29.4 Å². The number of ether oxygens (including phenoxy) is 2. The molecule has 0 atom stereocenters. The van der Waals surface area contributed by atoms with Crippen molar-refractivity contribution in [2.45, 2.75) is 0 Å². The maximum Gasteiger partial charge on any atom is 0.119 e. The molecule has 1 fully saturated rings. The molecule has 5 nitrogen and oxygen atoms in total. The second-order valence-corrected chi connectivity index (χ2v) is 3.89. The molecule has 2 rings (SSSR count). The number of hydrogen-bond donors (Lipinski definition) is 0. The molecule has 1 aromatic carbocycles. The molecular formula is C12H16N2O3. The molecule has 1 saturated heterocycles. The first-order valence-electron chi connectivity index (χ1n) is 5.75. The first kappa shape index (κ1) is 12.0. The average molecular weight is 236 g/mol. The summed E-state index contributed by atoms with van der Waals surface area (Å²) in [6.07, 6.45) is 0. The van der Waals surface area contributed by atoms with Crippen molar-refractivity contribution in [2.24, 2.45) is 5.18 Å². The molecule has 0 bridgehead atoms. The van der Waals surface area contributed by atoms with E-state index in [-0.39, 0.29) is 0 Å². The number of nitroso groups, excluding NO2 is 1. The summed E-state index contributed by atoms with van der Waals surface area (Å²) < 4.78 is 10.8. The Morgan fingerprint density at radius 1 is 1.24 bits per heavy atom. The Labute approximate surface area is 100 Å². The topological polar surface area (TPSA) is 51.1 Å². The summed E-state index contributed by atoms with van der Waals surface area (Å²) in [4.78, 5) is 12.5. The second-order valence-electron chi connectivity index (χ2n) is 3.89. The van der Waals surface area contributed by atoms with Crippen molar-refractivity contribution in [3.05, 3.63) is 29.2 Å². The number of rotatable bonds is 5. The van der Waals surface area contributed by atoms with E-state index in [0.717, 1.165) is 38.6 Å². The summed E-state index contributed by atoms with van der Waals surface area (Å²) in [5, 5.41) is 2.84. The van der Waals surface area contributed by atoms with E-state index in [9.17, 15) is 4.91 Å². The zero-order chi connectivity index (χ0) is 11.9. The van der Waals surface area contributed by atoms with E-state index in [4.69, 9.17) is 9.47 Å². The molecule has 0 amide bonds. The lowest BCUT2D eigenvalue weighted by Crippen LogP contribution is -2.38. The highest BCUT2D eigenvalue weighted by molar-refractivity contribution is 5.40. The number of hydrogen-bond acceptors (Lipinski definition) is 5. The number of morpholine rings is 1. The van der Waals surface area contributed by atoms with Crippen LogP contribution in [0.4, 0.5) is 5.69 Å². The molecule has 1 heterocycles. The molecule has 0 radical (unpaired) electrons.